The number of barbiturate groups is 1. The number of rotatable bonds is 5. The van der Waals surface area contributed by atoms with Gasteiger partial charge in [-0.25, -0.2) is 9.59 Å². The summed E-state index contributed by atoms with van der Waals surface area (Å²) >= 11 is 0. The van der Waals surface area contributed by atoms with E-state index < -0.39 is 23.8 Å². The number of furan rings is 1. The molecule has 0 bridgehead atoms. The van der Waals surface area contributed by atoms with Crippen LogP contribution < -0.4 is 0 Å². The summed E-state index contributed by atoms with van der Waals surface area (Å²) in [6.45, 7) is 0.186. The Morgan fingerprint density at radius 2 is 1.52 bits per heavy atom. The quantitative estimate of drug-likeness (QED) is 0.338. The molecule has 0 N–H and O–H groups in total. The van der Waals surface area contributed by atoms with Gasteiger partial charge in [0.2, 0.25) is 0 Å². The monoisotopic (exact) mass is 444 g/mol. The molecule has 4 rings (SSSR count). The lowest BCUT2D eigenvalue weighted by atomic mass is 10.1. The van der Waals surface area contributed by atoms with Gasteiger partial charge in [-0.05, 0) is 35.9 Å². The molecule has 2 aromatic carbocycles. The molecule has 1 fully saturated rings. The summed E-state index contributed by atoms with van der Waals surface area (Å²) in [5, 5.41) is 0. The van der Waals surface area contributed by atoms with Crippen molar-refractivity contribution in [1.82, 2.24) is 9.80 Å². The molecule has 0 atom stereocenters. The van der Waals surface area contributed by atoms with E-state index in [0.717, 1.165) is 15.4 Å². The van der Waals surface area contributed by atoms with Crippen LogP contribution in [0.25, 0.3) is 17.4 Å². The van der Waals surface area contributed by atoms with Crippen LogP contribution in [0, 0.1) is 0 Å². The maximum absolute atomic E-state index is 12.3. The lowest BCUT2D eigenvalue weighted by Gasteiger charge is -2.28. The summed E-state index contributed by atoms with van der Waals surface area (Å²) in [7, 11) is 2.61. The average Bonchev–Trinajstić information content (AvgIpc) is 3.32. The van der Waals surface area contributed by atoms with Crippen LogP contribution >= 0.6 is 0 Å². The molecule has 1 saturated heterocycles. The van der Waals surface area contributed by atoms with Crippen molar-refractivity contribution in [1.29, 1.82) is 0 Å². The molecule has 3 aromatic rings. The molecule has 0 unspecified atom stereocenters. The van der Waals surface area contributed by atoms with Crippen LogP contribution in [0.5, 0.6) is 0 Å². The number of ether oxygens (including phenoxy) is 1. The first-order valence-corrected chi connectivity index (χ1v) is 10.1. The van der Waals surface area contributed by atoms with Gasteiger partial charge in [0.05, 0.1) is 5.56 Å². The second kappa shape index (κ2) is 8.96. The first kappa shape index (κ1) is 21.8. The predicted molar refractivity (Wildman–Crippen MR) is 119 cm³/mol. The van der Waals surface area contributed by atoms with Gasteiger partial charge in [-0.15, -0.1) is 0 Å². The Morgan fingerprint density at radius 1 is 0.879 bits per heavy atom. The summed E-state index contributed by atoms with van der Waals surface area (Å²) in [4.78, 5) is 50.5. The SMILES string of the molecule is CN1C(=O)C(=Cc2ccc(-c3ccc(C(=O)OCc4ccccc4)cc3)o2)C(=O)N(C)C1=O. The first-order chi connectivity index (χ1) is 15.8. The van der Waals surface area contributed by atoms with Crippen molar-refractivity contribution in [3.05, 3.63) is 89.2 Å². The molecule has 1 aromatic heterocycles. The Morgan fingerprint density at radius 3 is 2.15 bits per heavy atom. The number of carbonyl (C=O) groups excluding carboxylic acids is 4. The topological polar surface area (TPSA) is 97.1 Å². The van der Waals surface area contributed by atoms with Crippen LogP contribution in [0.4, 0.5) is 4.79 Å². The highest BCUT2D eigenvalue weighted by atomic mass is 16.5. The van der Waals surface area contributed by atoms with Crippen LogP contribution in [0.1, 0.15) is 21.7 Å². The van der Waals surface area contributed by atoms with Gasteiger partial charge in [-0.1, -0.05) is 42.5 Å². The van der Waals surface area contributed by atoms with Crippen molar-refractivity contribution in [3.63, 3.8) is 0 Å². The van der Waals surface area contributed by atoms with E-state index in [4.69, 9.17) is 9.15 Å². The minimum atomic E-state index is -0.695. The first-order valence-electron chi connectivity index (χ1n) is 10.1. The van der Waals surface area contributed by atoms with E-state index in [-0.39, 0.29) is 17.9 Å². The highest BCUT2D eigenvalue weighted by molar-refractivity contribution is 6.30. The zero-order chi connectivity index (χ0) is 23.5. The van der Waals surface area contributed by atoms with Crippen molar-refractivity contribution < 1.29 is 28.3 Å². The van der Waals surface area contributed by atoms with E-state index in [1.165, 1.54) is 20.2 Å². The van der Waals surface area contributed by atoms with Crippen LogP contribution in [-0.4, -0.2) is 47.7 Å². The molecular weight excluding hydrogens is 424 g/mol. The third kappa shape index (κ3) is 4.45. The molecule has 8 heteroatoms. The fraction of sp³-hybridized carbons (Fsp3) is 0.120. The summed E-state index contributed by atoms with van der Waals surface area (Å²) in [6, 6.07) is 18.7. The minimum absolute atomic E-state index is 0.169. The number of likely N-dealkylation sites (N-methyl/N-ethyl adjacent to an activating group) is 2. The zero-order valence-corrected chi connectivity index (χ0v) is 18.0. The second-order valence-corrected chi connectivity index (χ2v) is 7.41. The van der Waals surface area contributed by atoms with Crippen molar-refractivity contribution in [2.45, 2.75) is 6.61 Å². The maximum atomic E-state index is 12.3. The van der Waals surface area contributed by atoms with E-state index in [0.29, 0.717) is 16.9 Å². The fourth-order valence-corrected chi connectivity index (χ4v) is 3.28. The summed E-state index contributed by atoms with van der Waals surface area (Å²) in [5.41, 5.74) is 1.83. The van der Waals surface area contributed by atoms with Gasteiger partial charge in [-0.3, -0.25) is 19.4 Å². The van der Waals surface area contributed by atoms with Gasteiger partial charge in [0.1, 0.15) is 23.7 Å². The third-order valence-corrected chi connectivity index (χ3v) is 5.18. The lowest BCUT2D eigenvalue weighted by Crippen LogP contribution is -2.52. The maximum Gasteiger partial charge on any atom is 0.338 e. The number of hydrogen-bond donors (Lipinski definition) is 0. The second-order valence-electron chi connectivity index (χ2n) is 7.41. The molecule has 1 aliphatic rings. The van der Waals surface area contributed by atoms with Crippen LogP contribution in [0.3, 0.4) is 0 Å². The van der Waals surface area contributed by atoms with Gasteiger partial charge < -0.3 is 9.15 Å². The third-order valence-electron chi connectivity index (χ3n) is 5.18. The molecule has 0 saturated carbocycles. The van der Waals surface area contributed by atoms with Gasteiger partial charge in [0, 0.05) is 19.7 Å². The van der Waals surface area contributed by atoms with Gasteiger partial charge in [-0.2, -0.15) is 0 Å². The molecule has 166 valence electrons. The summed E-state index contributed by atoms with van der Waals surface area (Å²) in [6.07, 6.45) is 1.31. The van der Waals surface area contributed by atoms with Gasteiger partial charge in [0.15, 0.2) is 0 Å². The highest BCUT2D eigenvalue weighted by Crippen LogP contribution is 2.25. The van der Waals surface area contributed by atoms with E-state index in [1.807, 2.05) is 30.3 Å². The van der Waals surface area contributed by atoms with Crippen molar-refractivity contribution in [2.75, 3.05) is 14.1 Å². The van der Waals surface area contributed by atoms with Crippen LogP contribution in [-0.2, 0) is 20.9 Å². The predicted octanol–water partition coefficient (Wildman–Crippen LogP) is 3.74. The van der Waals surface area contributed by atoms with E-state index in [1.54, 1.807) is 36.4 Å². The normalized spacial score (nSPS) is 14.0. The molecule has 0 aliphatic carbocycles. The number of nitrogens with zero attached hydrogens (tertiary/aromatic N) is 2. The van der Waals surface area contributed by atoms with Crippen molar-refractivity contribution >= 4 is 29.9 Å². The largest absolute Gasteiger partial charge is 0.457 e. The highest BCUT2D eigenvalue weighted by Gasteiger charge is 2.38. The van der Waals surface area contributed by atoms with Crippen molar-refractivity contribution in [2.24, 2.45) is 0 Å². The number of benzene rings is 2. The number of carbonyl (C=O) groups is 4. The van der Waals surface area contributed by atoms with Crippen LogP contribution in [0.2, 0.25) is 0 Å². The lowest BCUT2D eigenvalue weighted by molar-refractivity contribution is -0.134. The fourth-order valence-electron chi connectivity index (χ4n) is 3.28. The standard InChI is InChI=1S/C25H20N2O6/c1-26-22(28)20(23(29)27(2)25(26)31)14-19-12-13-21(33-19)17-8-10-18(11-9-17)24(30)32-15-16-6-4-3-5-7-16/h3-14H,15H2,1-2H3. The summed E-state index contributed by atoms with van der Waals surface area (Å²) in [5.74, 6) is -1.06. The molecule has 1 aliphatic heterocycles. The molecular formula is C25H20N2O6. The molecule has 0 radical (unpaired) electrons. The number of amides is 4. The Bertz CT molecular complexity index is 1230. The Labute approximate surface area is 189 Å². The number of urea groups is 1. The Kier molecular flexibility index (Phi) is 5.91. The van der Waals surface area contributed by atoms with Crippen molar-refractivity contribution in [3.8, 4) is 11.3 Å². The number of hydrogen-bond acceptors (Lipinski definition) is 6. The van der Waals surface area contributed by atoms with Crippen LogP contribution in [0.15, 0.2) is 76.7 Å². The molecule has 4 amide bonds. The summed E-state index contributed by atoms with van der Waals surface area (Å²) < 4.78 is 11.1. The Balaban J connectivity index is 1.47. The zero-order valence-electron chi connectivity index (χ0n) is 18.0. The van der Waals surface area contributed by atoms with E-state index in [2.05, 4.69) is 0 Å². The average molecular weight is 444 g/mol. The minimum Gasteiger partial charge on any atom is -0.457 e. The molecule has 2 heterocycles. The smallest absolute Gasteiger partial charge is 0.338 e. The van der Waals surface area contributed by atoms with Gasteiger partial charge in [0.25, 0.3) is 11.8 Å². The number of esters is 1. The molecule has 8 nitrogen and oxygen atoms in total. The van der Waals surface area contributed by atoms with E-state index in [9.17, 15) is 19.2 Å². The van der Waals surface area contributed by atoms with E-state index >= 15 is 0 Å². The Hall–Kier alpha value is -4.46. The van der Waals surface area contributed by atoms with Gasteiger partial charge >= 0.3 is 12.0 Å². The molecule has 0 spiro atoms. The molecule has 33 heavy (non-hydrogen) atoms. The number of imide groups is 2.